The van der Waals surface area contributed by atoms with Crippen molar-refractivity contribution in [1.82, 2.24) is 0 Å². The lowest BCUT2D eigenvalue weighted by Crippen LogP contribution is -2.23. The van der Waals surface area contributed by atoms with Gasteiger partial charge in [0.25, 0.3) is 0 Å². The minimum absolute atomic E-state index is 0.0677. The number of carbonyl (C=O) groups is 2. The zero-order valence-corrected chi connectivity index (χ0v) is 15.3. The summed E-state index contributed by atoms with van der Waals surface area (Å²) in [6.45, 7) is 5.45. The molecule has 3 aromatic rings. The van der Waals surface area contributed by atoms with E-state index in [1.54, 1.807) is 12.1 Å². The Bertz CT molecular complexity index is 959. The molecule has 5 nitrogen and oxygen atoms in total. The summed E-state index contributed by atoms with van der Waals surface area (Å²) in [6, 6.07) is 5.25. The van der Waals surface area contributed by atoms with Gasteiger partial charge >= 0.3 is 11.9 Å². The molecule has 0 saturated heterocycles. The highest BCUT2D eigenvalue weighted by atomic mass is 32.1. The van der Waals surface area contributed by atoms with Crippen LogP contribution in [0.3, 0.4) is 0 Å². The van der Waals surface area contributed by atoms with Gasteiger partial charge in [0.15, 0.2) is 10.6 Å². The molecule has 0 unspecified atom stereocenters. The minimum atomic E-state index is -0.560. The molecule has 3 rings (SSSR count). The predicted octanol–water partition coefficient (Wildman–Crippen LogP) is 4.56. The van der Waals surface area contributed by atoms with Crippen LogP contribution in [0.5, 0.6) is 5.75 Å². The van der Waals surface area contributed by atoms with Gasteiger partial charge in [-0.3, -0.25) is 0 Å². The molecule has 0 radical (unpaired) electrons. The second kappa shape index (κ2) is 5.75. The lowest BCUT2D eigenvalue weighted by molar-refractivity contribution is 0.00695. The third-order valence-corrected chi connectivity index (χ3v) is 5.76. The van der Waals surface area contributed by atoms with E-state index in [4.69, 9.17) is 4.74 Å². The zero-order chi connectivity index (χ0) is 17.6. The monoisotopic (exact) mass is 364 g/mol. The van der Waals surface area contributed by atoms with Crippen LogP contribution in [0, 0.1) is 0 Å². The van der Waals surface area contributed by atoms with E-state index in [0.717, 1.165) is 14.8 Å². The average molecular weight is 364 g/mol. The minimum Gasteiger partial charge on any atom is -0.505 e. The number of methoxy groups -OCH3 is 1. The maximum Gasteiger partial charge on any atom is 0.351 e. The van der Waals surface area contributed by atoms with Crippen molar-refractivity contribution in [3.63, 3.8) is 0 Å². The molecule has 0 aliphatic rings. The summed E-state index contributed by atoms with van der Waals surface area (Å²) in [5.74, 6) is -1.01. The van der Waals surface area contributed by atoms with E-state index in [0.29, 0.717) is 10.3 Å². The quantitative estimate of drug-likeness (QED) is 0.675. The van der Waals surface area contributed by atoms with Crippen LogP contribution in [-0.2, 0) is 9.47 Å². The van der Waals surface area contributed by atoms with Gasteiger partial charge in [-0.1, -0.05) is 6.07 Å². The van der Waals surface area contributed by atoms with Crippen LogP contribution in [0.25, 0.3) is 19.5 Å². The number of esters is 2. The van der Waals surface area contributed by atoms with Crippen molar-refractivity contribution >= 4 is 54.1 Å². The Balaban J connectivity index is 2.08. The van der Waals surface area contributed by atoms with E-state index in [2.05, 4.69) is 4.74 Å². The van der Waals surface area contributed by atoms with Crippen molar-refractivity contribution in [3.05, 3.63) is 28.6 Å². The molecule has 1 aromatic carbocycles. The predicted molar refractivity (Wildman–Crippen MR) is 95.4 cm³/mol. The summed E-state index contributed by atoms with van der Waals surface area (Å²) in [5, 5.41) is 11.1. The molecule has 0 spiro atoms. The van der Waals surface area contributed by atoms with Gasteiger partial charge in [-0.25, -0.2) is 9.59 Å². The summed E-state index contributed by atoms with van der Waals surface area (Å²) in [6.07, 6.45) is 0. The molecule has 0 bridgehead atoms. The van der Waals surface area contributed by atoms with Crippen molar-refractivity contribution in [3.8, 4) is 5.75 Å². The fraction of sp³-hybridized carbons (Fsp3) is 0.294. The number of rotatable bonds is 2. The van der Waals surface area contributed by atoms with Crippen molar-refractivity contribution in [1.29, 1.82) is 0 Å². The van der Waals surface area contributed by atoms with Crippen molar-refractivity contribution < 1.29 is 24.2 Å². The zero-order valence-electron chi connectivity index (χ0n) is 13.6. The van der Waals surface area contributed by atoms with E-state index >= 15 is 0 Å². The Labute approximate surface area is 146 Å². The normalized spacial score (nSPS) is 11.8. The average Bonchev–Trinajstić information content (AvgIpc) is 3.01. The van der Waals surface area contributed by atoms with Crippen molar-refractivity contribution in [2.45, 2.75) is 26.4 Å². The van der Waals surface area contributed by atoms with Crippen molar-refractivity contribution in [2.24, 2.45) is 0 Å². The van der Waals surface area contributed by atoms with Crippen LogP contribution in [0.2, 0.25) is 0 Å². The first kappa shape index (κ1) is 16.7. The molecule has 7 heteroatoms. The molecule has 0 aliphatic heterocycles. The number of thiophene rings is 2. The first-order valence-corrected chi connectivity index (χ1v) is 8.84. The molecular weight excluding hydrogens is 348 g/mol. The highest BCUT2D eigenvalue weighted by Crippen LogP contribution is 2.46. The van der Waals surface area contributed by atoms with Crippen LogP contribution in [0.4, 0.5) is 0 Å². The fourth-order valence-corrected chi connectivity index (χ4v) is 4.79. The summed E-state index contributed by atoms with van der Waals surface area (Å²) in [5.41, 5.74) is -0.103. The largest absolute Gasteiger partial charge is 0.505 e. The maximum absolute atomic E-state index is 12.2. The summed E-state index contributed by atoms with van der Waals surface area (Å²) in [4.78, 5) is 24.1. The van der Waals surface area contributed by atoms with E-state index in [-0.39, 0.29) is 16.6 Å². The Morgan fingerprint density at radius 1 is 1.08 bits per heavy atom. The molecule has 2 aromatic heterocycles. The Hall–Kier alpha value is -2.12. The second-order valence-electron chi connectivity index (χ2n) is 6.24. The second-order valence-corrected chi connectivity index (χ2v) is 8.32. The van der Waals surface area contributed by atoms with Crippen LogP contribution >= 0.6 is 22.7 Å². The van der Waals surface area contributed by atoms with E-state index < -0.39 is 11.6 Å². The van der Waals surface area contributed by atoms with Gasteiger partial charge in [0.05, 0.1) is 22.1 Å². The number of hydrogen-bond donors (Lipinski definition) is 1. The number of carbonyl (C=O) groups excluding carboxylic acids is 2. The highest BCUT2D eigenvalue weighted by molar-refractivity contribution is 7.33. The van der Waals surface area contributed by atoms with Gasteiger partial charge in [-0.2, -0.15) is 0 Å². The number of hydrogen-bond acceptors (Lipinski definition) is 7. The molecule has 2 heterocycles. The van der Waals surface area contributed by atoms with Crippen LogP contribution in [-0.4, -0.2) is 29.8 Å². The maximum atomic E-state index is 12.2. The van der Waals surface area contributed by atoms with Gasteiger partial charge in [0.1, 0.15) is 5.60 Å². The standard InChI is InChI=1S/C17H16O5S2/c1-17(2,3)22-15(19)8-5-6-9-10(7-8)23-13-11(18)14(16(20)21-4)24-12(9)13/h5-7,18H,1-4H3. The van der Waals surface area contributed by atoms with E-state index in [9.17, 15) is 14.7 Å². The number of aromatic hydroxyl groups is 1. The third-order valence-electron chi connectivity index (χ3n) is 3.28. The molecule has 126 valence electrons. The fourth-order valence-electron chi connectivity index (χ4n) is 2.28. The summed E-state index contributed by atoms with van der Waals surface area (Å²) in [7, 11) is 1.28. The summed E-state index contributed by atoms with van der Waals surface area (Å²) >= 11 is 2.52. The molecule has 0 aliphatic carbocycles. The molecule has 24 heavy (non-hydrogen) atoms. The van der Waals surface area contributed by atoms with Gasteiger partial charge in [0.2, 0.25) is 0 Å². The van der Waals surface area contributed by atoms with Gasteiger partial charge in [-0.15, -0.1) is 22.7 Å². The Morgan fingerprint density at radius 2 is 1.79 bits per heavy atom. The van der Waals surface area contributed by atoms with Crippen LogP contribution < -0.4 is 0 Å². The smallest absolute Gasteiger partial charge is 0.351 e. The van der Waals surface area contributed by atoms with Gasteiger partial charge in [0, 0.05) is 10.1 Å². The van der Waals surface area contributed by atoms with Crippen LogP contribution in [0.15, 0.2) is 18.2 Å². The van der Waals surface area contributed by atoms with Gasteiger partial charge in [-0.05, 0) is 32.9 Å². The topological polar surface area (TPSA) is 72.8 Å². The molecular formula is C17H16O5S2. The summed E-state index contributed by atoms with van der Waals surface area (Å²) < 4.78 is 12.3. The Kier molecular flexibility index (Phi) is 4.01. The lowest BCUT2D eigenvalue weighted by Gasteiger charge is -2.19. The van der Waals surface area contributed by atoms with E-state index in [1.165, 1.54) is 29.8 Å². The molecule has 1 N–H and O–H groups in total. The first-order valence-electron chi connectivity index (χ1n) is 7.21. The Morgan fingerprint density at radius 3 is 2.42 bits per heavy atom. The lowest BCUT2D eigenvalue weighted by atomic mass is 10.1. The molecule has 0 atom stereocenters. The number of benzene rings is 1. The SMILES string of the molecule is COC(=O)c1sc2c(sc3cc(C(=O)OC(C)(C)C)ccc32)c1O. The number of fused-ring (bicyclic) bond motifs is 3. The molecule has 0 saturated carbocycles. The van der Waals surface area contributed by atoms with E-state index in [1.807, 2.05) is 26.8 Å². The molecule has 0 amide bonds. The highest BCUT2D eigenvalue weighted by Gasteiger charge is 2.23. The van der Waals surface area contributed by atoms with Gasteiger partial charge < -0.3 is 14.6 Å². The molecule has 0 fully saturated rings. The number of ether oxygens (including phenoxy) is 2. The van der Waals surface area contributed by atoms with Crippen molar-refractivity contribution in [2.75, 3.05) is 7.11 Å². The first-order chi connectivity index (χ1) is 11.2. The van der Waals surface area contributed by atoms with Crippen LogP contribution in [0.1, 0.15) is 40.8 Å². The third kappa shape index (κ3) is 2.85.